The highest BCUT2D eigenvalue weighted by Gasteiger charge is 2.34. The minimum absolute atomic E-state index is 0.0244. The number of nitrogens with zero attached hydrogens (tertiary/aromatic N) is 3. The number of rotatable bonds is 3. The molecule has 2 aliphatic heterocycles. The van der Waals surface area contributed by atoms with Crippen molar-refractivity contribution in [2.24, 2.45) is 4.99 Å². The minimum Gasteiger partial charge on any atom is -0.451 e. The van der Waals surface area contributed by atoms with Crippen molar-refractivity contribution in [2.45, 2.75) is 12.5 Å². The van der Waals surface area contributed by atoms with Crippen LogP contribution in [0.15, 0.2) is 59.6 Å². The van der Waals surface area contributed by atoms with Gasteiger partial charge in [0.15, 0.2) is 6.10 Å². The molecule has 6 nitrogen and oxygen atoms in total. The highest BCUT2D eigenvalue weighted by atomic mass is 35.5. The van der Waals surface area contributed by atoms with Crippen molar-refractivity contribution in [2.75, 3.05) is 26.2 Å². The van der Waals surface area contributed by atoms with E-state index in [9.17, 15) is 9.59 Å². The molecule has 1 saturated heterocycles. The van der Waals surface area contributed by atoms with Gasteiger partial charge in [-0.1, -0.05) is 41.9 Å². The second-order valence-corrected chi connectivity index (χ2v) is 7.25. The van der Waals surface area contributed by atoms with E-state index in [1.165, 1.54) is 0 Å². The molecule has 1 unspecified atom stereocenters. The van der Waals surface area contributed by atoms with Gasteiger partial charge in [-0.25, -0.2) is 0 Å². The number of halogens is 1. The molecular weight excluding hydrogens is 378 g/mol. The van der Waals surface area contributed by atoms with Crippen LogP contribution in [0.5, 0.6) is 0 Å². The van der Waals surface area contributed by atoms with Crippen molar-refractivity contribution < 1.29 is 14.3 Å². The van der Waals surface area contributed by atoms with Crippen LogP contribution in [0.1, 0.15) is 15.9 Å². The van der Waals surface area contributed by atoms with Crippen LogP contribution in [0.2, 0.25) is 5.02 Å². The van der Waals surface area contributed by atoms with E-state index in [0.29, 0.717) is 49.2 Å². The maximum Gasteiger partial charge on any atom is 0.296 e. The molecule has 0 aliphatic carbocycles. The molecule has 0 radical (unpaired) electrons. The lowest BCUT2D eigenvalue weighted by atomic mass is 10.1. The molecule has 7 heteroatoms. The average molecular weight is 398 g/mol. The van der Waals surface area contributed by atoms with E-state index in [2.05, 4.69) is 4.99 Å². The highest BCUT2D eigenvalue weighted by Crippen LogP contribution is 2.18. The number of amidine groups is 1. The molecule has 2 aromatic rings. The molecule has 2 amide bonds. The summed E-state index contributed by atoms with van der Waals surface area (Å²) < 4.78 is 5.82. The monoisotopic (exact) mass is 397 g/mol. The fourth-order valence-corrected chi connectivity index (χ4v) is 3.47. The van der Waals surface area contributed by atoms with E-state index >= 15 is 0 Å². The summed E-state index contributed by atoms with van der Waals surface area (Å²) in [5.41, 5.74) is 1.65. The van der Waals surface area contributed by atoms with E-state index in [-0.39, 0.29) is 11.8 Å². The number of carbonyl (C=O) groups is 2. The zero-order valence-corrected chi connectivity index (χ0v) is 16.0. The first kappa shape index (κ1) is 18.5. The summed E-state index contributed by atoms with van der Waals surface area (Å²) in [5.74, 6) is -0.276. The first-order chi connectivity index (χ1) is 13.6. The number of hydrogen-bond donors (Lipinski definition) is 0. The van der Waals surface area contributed by atoms with Crippen molar-refractivity contribution in [3.05, 3.63) is 70.7 Å². The molecule has 0 N–H and O–H groups in total. The Morgan fingerprint density at radius 3 is 2.39 bits per heavy atom. The third-order valence-corrected chi connectivity index (χ3v) is 5.17. The van der Waals surface area contributed by atoms with Crippen LogP contribution in [-0.4, -0.2) is 59.9 Å². The maximum absolute atomic E-state index is 12.6. The lowest BCUT2D eigenvalue weighted by molar-refractivity contribution is -0.122. The molecule has 144 valence electrons. The largest absolute Gasteiger partial charge is 0.451 e. The second kappa shape index (κ2) is 8.02. The van der Waals surface area contributed by atoms with E-state index in [0.717, 1.165) is 5.56 Å². The highest BCUT2D eigenvalue weighted by molar-refractivity contribution is 6.30. The summed E-state index contributed by atoms with van der Waals surface area (Å²) in [4.78, 5) is 32.6. The zero-order valence-electron chi connectivity index (χ0n) is 15.3. The Kier molecular flexibility index (Phi) is 5.30. The number of amides is 2. The molecule has 0 aromatic heterocycles. The molecule has 2 aromatic carbocycles. The number of aliphatic imine (C=N–C) groups is 1. The number of benzene rings is 2. The lowest BCUT2D eigenvalue weighted by Crippen LogP contribution is -2.51. The molecular formula is C21H20ClN3O3. The Morgan fingerprint density at radius 2 is 1.71 bits per heavy atom. The molecule has 28 heavy (non-hydrogen) atoms. The van der Waals surface area contributed by atoms with Gasteiger partial charge in [0.25, 0.3) is 17.8 Å². The SMILES string of the molecule is O=C1N=C(N2CCN(C(=O)c3ccc(Cl)cc3)CC2)OC1Cc1ccccc1. The van der Waals surface area contributed by atoms with Crippen molar-refractivity contribution in [3.8, 4) is 0 Å². The van der Waals surface area contributed by atoms with Crippen LogP contribution >= 0.6 is 11.6 Å². The Labute approximate surface area is 168 Å². The average Bonchev–Trinajstić information content (AvgIpc) is 3.09. The first-order valence-corrected chi connectivity index (χ1v) is 9.61. The van der Waals surface area contributed by atoms with E-state index in [1.807, 2.05) is 35.2 Å². The second-order valence-electron chi connectivity index (χ2n) is 6.81. The summed E-state index contributed by atoms with van der Waals surface area (Å²) >= 11 is 5.88. The van der Waals surface area contributed by atoms with Gasteiger partial charge in [0.2, 0.25) is 0 Å². The van der Waals surface area contributed by atoms with Gasteiger partial charge in [-0.05, 0) is 29.8 Å². The summed E-state index contributed by atoms with van der Waals surface area (Å²) in [5, 5.41) is 0.604. The van der Waals surface area contributed by atoms with Crippen LogP contribution in [0.3, 0.4) is 0 Å². The molecule has 1 atom stereocenters. The number of hydrogen-bond acceptors (Lipinski definition) is 4. The number of ether oxygens (including phenoxy) is 1. The predicted molar refractivity (Wildman–Crippen MR) is 106 cm³/mol. The van der Waals surface area contributed by atoms with Gasteiger partial charge in [-0.2, -0.15) is 4.99 Å². The molecule has 2 aliphatic rings. The predicted octanol–water partition coefficient (Wildman–Crippen LogP) is 2.62. The summed E-state index contributed by atoms with van der Waals surface area (Å²) in [6, 6.07) is 17.0. The third kappa shape index (κ3) is 4.02. The smallest absolute Gasteiger partial charge is 0.296 e. The van der Waals surface area contributed by atoms with Gasteiger partial charge in [0.05, 0.1) is 0 Å². The van der Waals surface area contributed by atoms with Gasteiger partial charge in [0, 0.05) is 43.2 Å². The third-order valence-electron chi connectivity index (χ3n) is 4.92. The van der Waals surface area contributed by atoms with E-state index in [4.69, 9.17) is 16.3 Å². The summed E-state index contributed by atoms with van der Waals surface area (Å²) in [7, 11) is 0. The Hall–Kier alpha value is -2.86. The standard InChI is InChI=1S/C21H20ClN3O3/c22-17-8-6-16(7-9-17)20(27)24-10-12-25(13-11-24)21-23-19(26)18(28-21)14-15-4-2-1-3-5-15/h1-9,18H,10-14H2. The zero-order chi connectivity index (χ0) is 19.5. The van der Waals surface area contributed by atoms with Gasteiger partial charge >= 0.3 is 0 Å². The minimum atomic E-state index is -0.578. The van der Waals surface area contributed by atoms with Crippen LogP contribution < -0.4 is 0 Å². The van der Waals surface area contributed by atoms with Gasteiger partial charge in [-0.3, -0.25) is 9.59 Å². The van der Waals surface area contributed by atoms with E-state index in [1.54, 1.807) is 29.2 Å². The van der Waals surface area contributed by atoms with Gasteiger partial charge < -0.3 is 14.5 Å². The lowest BCUT2D eigenvalue weighted by Gasteiger charge is -2.35. The molecule has 2 heterocycles. The molecule has 0 spiro atoms. The van der Waals surface area contributed by atoms with Crippen molar-refractivity contribution >= 4 is 29.4 Å². The normalized spacial score (nSPS) is 19.4. The van der Waals surface area contributed by atoms with E-state index < -0.39 is 6.10 Å². The number of piperazine rings is 1. The van der Waals surface area contributed by atoms with Crippen LogP contribution in [0.25, 0.3) is 0 Å². The summed E-state index contributed by atoms with van der Waals surface area (Å²) in [6.07, 6.45) is -0.0760. The van der Waals surface area contributed by atoms with Crippen LogP contribution in [0, 0.1) is 0 Å². The van der Waals surface area contributed by atoms with Gasteiger partial charge in [-0.15, -0.1) is 0 Å². The molecule has 1 fully saturated rings. The quantitative estimate of drug-likeness (QED) is 0.798. The summed E-state index contributed by atoms with van der Waals surface area (Å²) in [6.45, 7) is 2.23. The topological polar surface area (TPSA) is 62.2 Å². The Morgan fingerprint density at radius 1 is 1.04 bits per heavy atom. The van der Waals surface area contributed by atoms with Crippen molar-refractivity contribution in [3.63, 3.8) is 0 Å². The first-order valence-electron chi connectivity index (χ1n) is 9.23. The molecule has 4 rings (SSSR count). The Balaban J connectivity index is 1.32. The fourth-order valence-electron chi connectivity index (χ4n) is 3.35. The number of carbonyl (C=O) groups excluding carboxylic acids is 2. The molecule has 0 bridgehead atoms. The van der Waals surface area contributed by atoms with Crippen LogP contribution in [-0.2, 0) is 16.0 Å². The van der Waals surface area contributed by atoms with Crippen molar-refractivity contribution in [1.82, 2.24) is 9.80 Å². The Bertz CT molecular complexity index is 891. The molecule has 0 saturated carbocycles. The van der Waals surface area contributed by atoms with Crippen LogP contribution in [0.4, 0.5) is 0 Å². The van der Waals surface area contributed by atoms with Gasteiger partial charge in [0.1, 0.15) is 0 Å². The maximum atomic E-state index is 12.6. The van der Waals surface area contributed by atoms with Crippen molar-refractivity contribution in [1.29, 1.82) is 0 Å². The fraction of sp³-hybridized carbons (Fsp3) is 0.286.